The maximum atomic E-state index is 8.74. The second-order valence-electron chi connectivity index (χ2n) is 3.74. The fraction of sp³-hybridized carbons (Fsp3) is 0.143. The molecule has 1 heterocycles. The Kier molecular flexibility index (Phi) is 4.41. The SMILES string of the molecule is COc1cc(-c2ccccc2)nc(C=NO)c1SC. The fourth-order valence-corrected chi connectivity index (χ4v) is 2.44. The van der Waals surface area contributed by atoms with Gasteiger partial charge < -0.3 is 9.94 Å². The number of ether oxygens (including phenoxy) is 1. The first-order valence-corrected chi connectivity index (χ1v) is 6.88. The monoisotopic (exact) mass is 274 g/mol. The molecule has 4 nitrogen and oxygen atoms in total. The molecule has 0 bridgehead atoms. The van der Waals surface area contributed by atoms with Crippen molar-refractivity contribution in [2.24, 2.45) is 5.16 Å². The van der Waals surface area contributed by atoms with E-state index in [1.165, 1.54) is 18.0 Å². The fourth-order valence-electron chi connectivity index (χ4n) is 1.78. The maximum absolute atomic E-state index is 8.74. The van der Waals surface area contributed by atoms with Crippen LogP contribution in [0.3, 0.4) is 0 Å². The van der Waals surface area contributed by atoms with Gasteiger partial charge in [-0.05, 0) is 6.26 Å². The Balaban J connectivity index is 2.61. The number of oxime groups is 1. The van der Waals surface area contributed by atoms with E-state index < -0.39 is 0 Å². The molecule has 0 unspecified atom stereocenters. The third kappa shape index (κ3) is 2.88. The van der Waals surface area contributed by atoms with E-state index in [0.717, 1.165) is 21.9 Å². The van der Waals surface area contributed by atoms with E-state index in [2.05, 4.69) is 10.1 Å². The zero-order valence-corrected chi connectivity index (χ0v) is 11.5. The number of nitrogens with zero attached hydrogens (tertiary/aromatic N) is 2. The highest BCUT2D eigenvalue weighted by atomic mass is 32.2. The second kappa shape index (κ2) is 6.24. The van der Waals surface area contributed by atoms with Gasteiger partial charge in [-0.25, -0.2) is 4.98 Å². The van der Waals surface area contributed by atoms with Gasteiger partial charge in [0.25, 0.3) is 0 Å². The van der Waals surface area contributed by atoms with Crippen LogP contribution in [-0.4, -0.2) is 29.8 Å². The summed E-state index contributed by atoms with van der Waals surface area (Å²) in [6.07, 6.45) is 3.25. The number of rotatable bonds is 4. The maximum Gasteiger partial charge on any atom is 0.136 e. The van der Waals surface area contributed by atoms with E-state index in [-0.39, 0.29) is 0 Å². The van der Waals surface area contributed by atoms with Crippen LogP contribution in [0.15, 0.2) is 46.4 Å². The third-order valence-electron chi connectivity index (χ3n) is 2.64. The first-order valence-electron chi connectivity index (χ1n) is 5.66. The van der Waals surface area contributed by atoms with Crippen molar-refractivity contribution in [2.45, 2.75) is 4.90 Å². The largest absolute Gasteiger partial charge is 0.495 e. The average Bonchev–Trinajstić information content (AvgIpc) is 2.47. The number of methoxy groups -OCH3 is 1. The van der Waals surface area contributed by atoms with Crippen molar-refractivity contribution in [1.82, 2.24) is 4.98 Å². The lowest BCUT2D eigenvalue weighted by Crippen LogP contribution is -1.98. The summed E-state index contributed by atoms with van der Waals surface area (Å²) in [5.41, 5.74) is 2.36. The number of thioether (sulfide) groups is 1. The standard InChI is InChI=1S/C14H14N2O2S/c1-18-13-8-11(10-6-4-3-5-7-10)16-12(9-15-17)14(13)19-2/h3-9,17H,1-2H3. The molecular formula is C14H14N2O2S. The first kappa shape index (κ1) is 13.4. The lowest BCUT2D eigenvalue weighted by Gasteiger charge is -2.11. The van der Waals surface area contributed by atoms with Crippen LogP contribution < -0.4 is 4.74 Å². The summed E-state index contributed by atoms with van der Waals surface area (Å²) in [5.74, 6) is 0.719. The summed E-state index contributed by atoms with van der Waals surface area (Å²) in [4.78, 5) is 5.35. The number of benzene rings is 1. The van der Waals surface area contributed by atoms with Crippen molar-refractivity contribution < 1.29 is 9.94 Å². The minimum absolute atomic E-state index is 0.591. The molecular weight excluding hydrogens is 260 g/mol. The van der Waals surface area contributed by atoms with Crippen molar-refractivity contribution in [1.29, 1.82) is 0 Å². The van der Waals surface area contributed by atoms with Crippen LogP contribution in [0, 0.1) is 0 Å². The lowest BCUT2D eigenvalue weighted by molar-refractivity contribution is 0.321. The van der Waals surface area contributed by atoms with E-state index in [4.69, 9.17) is 9.94 Å². The van der Waals surface area contributed by atoms with E-state index in [1.807, 2.05) is 42.7 Å². The number of hydrogen-bond acceptors (Lipinski definition) is 5. The lowest BCUT2D eigenvalue weighted by atomic mass is 10.1. The van der Waals surface area contributed by atoms with Gasteiger partial charge in [0.15, 0.2) is 0 Å². The second-order valence-corrected chi connectivity index (χ2v) is 4.56. The molecule has 2 aromatic rings. The van der Waals surface area contributed by atoms with Gasteiger partial charge in [-0.15, -0.1) is 11.8 Å². The molecule has 0 saturated carbocycles. The molecule has 0 aliphatic carbocycles. The highest BCUT2D eigenvalue weighted by molar-refractivity contribution is 7.98. The van der Waals surface area contributed by atoms with Crippen LogP contribution >= 0.6 is 11.8 Å². The van der Waals surface area contributed by atoms with Gasteiger partial charge in [-0.1, -0.05) is 35.5 Å². The highest BCUT2D eigenvalue weighted by Gasteiger charge is 2.12. The predicted molar refractivity (Wildman–Crippen MR) is 77.4 cm³/mol. The van der Waals surface area contributed by atoms with E-state index in [1.54, 1.807) is 7.11 Å². The average molecular weight is 274 g/mol. The van der Waals surface area contributed by atoms with Crippen molar-refractivity contribution >= 4 is 18.0 Å². The molecule has 98 valence electrons. The predicted octanol–water partition coefficient (Wildman–Crippen LogP) is 3.29. The van der Waals surface area contributed by atoms with Crippen molar-refractivity contribution in [3.05, 3.63) is 42.1 Å². The van der Waals surface area contributed by atoms with Crippen LogP contribution in [0.5, 0.6) is 5.75 Å². The van der Waals surface area contributed by atoms with Crippen LogP contribution in [0.25, 0.3) is 11.3 Å². The summed E-state index contributed by atoms with van der Waals surface area (Å²) < 4.78 is 5.38. The molecule has 0 amide bonds. The molecule has 0 fully saturated rings. The number of aromatic nitrogens is 1. The van der Waals surface area contributed by atoms with E-state index in [9.17, 15) is 0 Å². The van der Waals surface area contributed by atoms with Gasteiger partial charge in [0.2, 0.25) is 0 Å². The molecule has 0 saturated heterocycles. The minimum Gasteiger partial charge on any atom is -0.495 e. The Labute approximate surface area is 116 Å². The Hall–Kier alpha value is -2.01. The number of hydrogen-bond donors (Lipinski definition) is 1. The zero-order valence-electron chi connectivity index (χ0n) is 10.7. The van der Waals surface area contributed by atoms with Crippen molar-refractivity contribution in [3.63, 3.8) is 0 Å². The van der Waals surface area contributed by atoms with Crippen LogP contribution in [0.1, 0.15) is 5.69 Å². The van der Waals surface area contributed by atoms with Gasteiger partial charge in [0.1, 0.15) is 11.4 Å². The molecule has 2 rings (SSSR count). The van der Waals surface area contributed by atoms with E-state index >= 15 is 0 Å². The smallest absolute Gasteiger partial charge is 0.136 e. The molecule has 0 radical (unpaired) electrons. The Morgan fingerprint density at radius 3 is 2.63 bits per heavy atom. The zero-order chi connectivity index (χ0) is 13.7. The Morgan fingerprint density at radius 1 is 1.32 bits per heavy atom. The van der Waals surface area contributed by atoms with Gasteiger partial charge in [-0.3, -0.25) is 0 Å². The summed E-state index contributed by atoms with van der Waals surface area (Å²) >= 11 is 1.50. The van der Waals surface area contributed by atoms with Crippen LogP contribution in [-0.2, 0) is 0 Å². The Morgan fingerprint density at radius 2 is 2.05 bits per heavy atom. The molecule has 1 aromatic heterocycles. The van der Waals surface area contributed by atoms with Crippen LogP contribution in [0.4, 0.5) is 0 Å². The quantitative estimate of drug-likeness (QED) is 0.402. The number of pyridine rings is 1. The summed E-state index contributed by atoms with van der Waals surface area (Å²) in [7, 11) is 1.61. The van der Waals surface area contributed by atoms with Gasteiger partial charge >= 0.3 is 0 Å². The van der Waals surface area contributed by atoms with Crippen LogP contribution in [0.2, 0.25) is 0 Å². The third-order valence-corrected chi connectivity index (χ3v) is 3.46. The normalized spacial score (nSPS) is 10.8. The van der Waals surface area contributed by atoms with E-state index in [0.29, 0.717) is 5.69 Å². The molecule has 0 aliphatic rings. The van der Waals surface area contributed by atoms with Crippen molar-refractivity contribution in [3.8, 4) is 17.0 Å². The molecule has 19 heavy (non-hydrogen) atoms. The molecule has 1 N–H and O–H groups in total. The molecule has 0 atom stereocenters. The summed E-state index contributed by atoms with van der Waals surface area (Å²) in [6.45, 7) is 0. The molecule has 0 spiro atoms. The molecule has 1 aromatic carbocycles. The summed E-state index contributed by atoms with van der Waals surface area (Å²) in [6, 6.07) is 11.7. The van der Waals surface area contributed by atoms with Gasteiger partial charge in [0, 0.05) is 11.6 Å². The highest BCUT2D eigenvalue weighted by Crippen LogP contribution is 2.33. The molecule has 5 heteroatoms. The minimum atomic E-state index is 0.591. The van der Waals surface area contributed by atoms with Gasteiger partial charge in [-0.2, -0.15) is 0 Å². The topological polar surface area (TPSA) is 54.7 Å². The first-order chi connectivity index (χ1) is 9.30. The molecule has 0 aliphatic heterocycles. The van der Waals surface area contributed by atoms with Gasteiger partial charge in [0.05, 0.1) is 23.9 Å². The Bertz CT molecular complexity index is 585. The summed E-state index contributed by atoms with van der Waals surface area (Å²) in [5, 5.41) is 11.8. The van der Waals surface area contributed by atoms with Crippen molar-refractivity contribution in [2.75, 3.05) is 13.4 Å².